The van der Waals surface area contributed by atoms with Crippen LogP contribution in [-0.4, -0.2) is 27.3 Å². The predicted molar refractivity (Wildman–Crippen MR) is 111 cm³/mol. The van der Waals surface area contributed by atoms with Crippen molar-refractivity contribution in [1.29, 1.82) is 0 Å². The normalized spacial score (nSPS) is 23.9. The monoisotopic (exact) mass is 387 g/mol. The van der Waals surface area contributed by atoms with Gasteiger partial charge in [-0.05, 0) is 44.2 Å². The zero-order valence-corrected chi connectivity index (χ0v) is 17.4. The second kappa shape index (κ2) is 8.46. The van der Waals surface area contributed by atoms with Crippen molar-refractivity contribution in [1.82, 2.24) is 14.9 Å². The lowest BCUT2D eigenvalue weighted by Crippen LogP contribution is -2.36. The SMILES string of the molecule is CCNC(=O)[C@H](C)Sc1nc2ccccc2c(=O)n1[C@@H]1CCC[C@H](C)[C@H]1C. The number of amides is 1. The van der Waals surface area contributed by atoms with Crippen LogP contribution in [0, 0.1) is 11.8 Å². The summed E-state index contributed by atoms with van der Waals surface area (Å²) in [5, 5.41) is 3.86. The summed E-state index contributed by atoms with van der Waals surface area (Å²) in [6.45, 7) is 8.87. The van der Waals surface area contributed by atoms with Crippen molar-refractivity contribution in [2.24, 2.45) is 11.8 Å². The summed E-state index contributed by atoms with van der Waals surface area (Å²) in [5.74, 6) is 0.945. The van der Waals surface area contributed by atoms with Crippen LogP contribution in [-0.2, 0) is 4.79 Å². The number of hydrogen-bond donors (Lipinski definition) is 1. The third kappa shape index (κ3) is 4.05. The van der Waals surface area contributed by atoms with Gasteiger partial charge in [-0.2, -0.15) is 0 Å². The highest BCUT2D eigenvalue weighted by molar-refractivity contribution is 8.00. The molecule has 146 valence electrons. The molecule has 0 saturated heterocycles. The average molecular weight is 388 g/mol. The zero-order chi connectivity index (χ0) is 19.6. The molecular weight excluding hydrogens is 358 g/mol. The molecule has 0 unspecified atom stereocenters. The molecule has 1 aromatic carbocycles. The Morgan fingerprint density at radius 2 is 2.07 bits per heavy atom. The van der Waals surface area contributed by atoms with Crippen LogP contribution >= 0.6 is 11.8 Å². The summed E-state index contributed by atoms with van der Waals surface area (Å²) < 4.78 is 1.88. The van der Waals surface area contributed by atoms with Gasteiger partial charge in [0.05, 0.1) is 16.2 Å². The molecule has 1 aromatic heterocycles. The minimum atomic E-state index is -0.305. The fourth-order valence-electron chi connectivity index (χ4n) is 3.95. The van der Waals surface area contributed by atoms with Crippen molar-refractivity contribution < 1.29 is 4.79 Å². The number of para-hydroxylation sites is 1. The standard InChI is InChI=1S/C21H29N3O2S/c1-5-22-19(25)15(4)27-21-23-17-11-7-6-10-16(17)20(26)24(21)18-12-8-9-13(2)14(18)3/h6-7,10-11,13-15,18H,5,8-9,12H2,1-4H3,(H,22,25)/t13-,14+,15-,18+/m0/s1. The quantitative estimate of drug-likeness (QED) is 0.622. The second-order valence-electron chi connectivity index (χ2n) is 7.58. The molecule has 1 aliphatic carbocycles. The third-order valence-electron chi connectivity index (χ3n) is 5.77. The molecule has 1 aliphatic rings. The summed E-state index contributed by atoms with van der Waals surface area (Å²) >= 11 is 1.38. The number of hydrogen-bond acceptors (Lipinski definition) is 4. The smallest absolute Gasteiger partial charge is 0.262 e. The first kappa shape index (κ1) is 19.9. The summed E-state index contributed by atoms with van der Waals surface area (Å²) in [6, 6.07) is 7.62. The molecule has 2 aromatic rings. The van der Waals surface area contributed by atoms with Crippen LogP contribution in [0.4, 0.5) is 0 Å². The minimum Gasteiger partial charge on any atom is -0.355 e. The van der Waals surface area contributed by atoms with Crippen molar-refractivity contribution in [3.8, 4) is 0 Å². The van der Waals surface area contributed by atoms with E-state index in [0.29, 0.717) is 34.4 Å². The number of carbonyl (C=O) groups is 1. The average Bonchev–Trinajstić information content (AvgIpc) is 2.65. The Bertz CT molecular complexity index is 879. The topological polar surface area (TPSA) is 64.0 Å². The lowest BCUT2D eigenvalue weighted by atomic mass is 9.78. The maximum atomic E-state index is 13.4. The largest absolute Gasteiger partial charge is 0.355 e. The number of fused-ring (bicyclic) bond motifs is 1. The Morgan fingerprint density at radius 1 is 1.33 bits per heavy atom. The molecule has 1 heterocycles. The second-order valence-corrected chi connectivity index (χ2v) is 8.88. The van der Waals surface area contributed by atoms with Crippen LogP contribution in [0.5, 0.6) is 0 Å². The van der Waals surface area contributed by atoms with Gasteiger partial charge >= 0.3 is 0 Å². The fraction of sp³-hybridized carbons (Fsp3) is 0.571. The van der Waals surface area contributed by atoms with Crippen molar-refractivity contribution in [3.63, 3.8) is 0 Å². The molecule has 0 bridgehead atoms. The molecule has 0 aliphatic heterocycles. The molecular formula is C21H29N3O2S. The summed E-state index contributed by atoms with van der Waals surface area (Å²) in [5.41, 5.74) is 0.706. The van der Waals surface area contributed by atoms with E-state index in [2.05, 4.69) is 19.2 Å². The maximum absolute atomic E-state index is 13.4. The number of thioether (sulfide) groups is 1. The predicted octanol–water partition coefficient (Wildman–Crippen LogP) is 4.01. The van der Waals surface area contributed by atoms with Crippen LogP contribution in [0.15, 0.2) is 34.2 Å². The van der Waals surface area contributed by atoms with Crippen LogP contribution in [0.3, 0.4) is 0 Å². The van der Waals surface area contributed by atoms with Gasteiger partial charge in [-0.1, -0.05) is 50.6 Å². The van der Waals surface area contributed by atoms with Crippen LogP contribution < -0.4 is 10.9 Å². The number of benzene rings is 1. The van der Waals surface area contributed by atoms with E-state index in [1.807, 2.05) is 42.7 Å². The lowest BCUT2D eigenvalue weighted by Gasteiger charge is -2.36. The van der Waals surface area contributed by atoms with E-state index in [0.717, 1.165) is 12.8 Å². The number of carbonyl (C=O) groups excluding carboxylic acids is 1. The van der Waals surface area contributed by atoms with Crippen molar-refractivity contribution in [3.05, 3.63) is 34.6 Å². The molecule has 6 heteroatoms. The molecule has 1 saturated carbocycles. The maximum Gasteiger partial charge on any atom is 0.262 e. The molecule has 0 radical (unpaired) electrons. The Kier molecular flexibility index (Phi) is 6.25. The third-order valence-corrected chi connectivity index (χ3v) is 6.84. The van der Waals surface area contributed by atoms with E-state index < -0.39 is 0 Å². The van der Waals surface area contributed by atoms with E-state index in [-0.39, 0.29) is 22.8 Å². The molecule has 1 amide bonds. The Balaban J connectivity index is 2.10. The summed E-state index contributed by atoms with van der Waals surface area (Å²) in [6.07, 6.45) is 3.30. The van der Waals surface area contributed by atoms with Gasteiger partial charge in [0.2, 0.25) is 5.91 Å². The van der Waals surface area contributed by atoms with Gasteiger partial charge in [-0.25, -0.2) is 4.98 Å². The van der Waals surface area contributed by atoms with Crippen molar-refractivity contribution >= 4 is 28.6 Å². The molecule has 1 fully saturated rings. The van der Waals surface area contributed by atoms with Gasteiger partial charge in [0.1, 0.15) is 0 Å². The van der Waals surface area contributed by atoms with E-state index in [9.17, 15) is 9.59 Å². The highest BCUT2D eigenvalue weighted by Crippen LogP contribution is 2.39. The van der Waals surface area contributed by atoms with E-state index >= 15 is 0 Å². The van der Waals surface area contributed by atoms with Crippen molar-refractivity contribution in [2.45, 2.75) is 63.4 Å². The highest BCUT2D eigenvalue weighted by Gasteiger charge is 2.32. The number of nitrogens with zero attached hydrogens (tertiary/aromatic N) is 2. The molecule has 4 atom stereocenters. The first-order valence-corrected chi connectivity index (χ1v) is 10.8. The van der Waals surface area contributed by atoms with Crippen LogP contribution in [0.25, 0.3) is 10.9 Å². The molecule has 1 N–H and O–H groups in total. The first-order valence-electron chi connectivity index (χ1n) is 9.89. The van der Waals surface area contributed by atoms with E-state index in [4.69, 9.17) is 4.98 Å². The Labute approximate surface area is 164 Å². The van der Waals surface area contributed by atoms with Crippen LogP contribution in [0.2, 0.25) is 0 Å². The number of rotatable bonds is 5. The minimum absolute atomic E-state index is 0.0112. The van der Waals surface area contributed by atoms with Gasteiger partial charge in [0.25, 0.3) is 5.56 Å². The molecule has 5 nitrogen and oxygen atoms in total. The van der Waals surface area contributed by atoms with Gasteiger partial charge in [0.15, 0.2) is 5.16 Å². The van der Waals surface area contributed by atoms with Gasteiger partial charge in [0, 0.05) is 12.6 Å². The lowest BCUT2D eigenvalue weighted by molar-refractivity contribution is -0.120. The first-order chi connectivity index (χ1) is 12.9. The summed E-state index contributed by atoms with van der Waals surface area (Å²) in [7, 11) is 0. The molecule has 0 spiro atoms. The molecule has 27 heavy (non-hydrogen) atoms. The van der Waals surface area contributed by atoms with Gasteiger partial charge in [-0.15, -0.1) is 0 Å². The van der Waals surface area contributed by atoms with E-state index in [1.165, 1.54) is 18.2 Å². The van der Waals surface area contributed by atoms with Gasteiger partial charge in [-0.3, -0.25) is 14.2 Å². The summed E-state index contributed by atoms with van der Waals surface area (Å²) in [4.78, 5) is 30.4. The fourth-order valence-corrected chi connectivity index (χ4v) is 4.94. The van der Waals surface area contributed by atoms with Gasteiger partial charge < -0.3 is 5.32 Å². The Morgan fingerprint density at radius 3 is 2.81 bits per heavy atom. The van der Waals surface area contributed by atoms with Crippen molar-refractivity contribution in [2.75, 3.05) is 6.54 Å². The van der Waals surface area contributed by atoms with Crippen LogP contribution in [0.1, 0.15) is 53.0 Å². The molecule has 3 rings (SSSR count). The van der Waals surface area contributed by atoms with E-state index in [1.54, 1.807) is 0 Å². The Hall–Kier alpha value is -1.82. The number of nitrogens with one attached hydrogen (secondary N) is 1. The zero-order valence-electron chi connectivity index (χ0n) is 16.6. The number of aromatic nitrogens is 2. The highest BCUT2D eigenvalue weighted by atomic mass is 32.2.